The van der Waals surface area contributed by atoms with Crippen molar-refractivity contribution in [2.24, 2.45) is 0 Å². The van der Waals surface area contributed by atoms with E-state index in [1.54, 1.807) is 25.7 Å². The highest BCUT2D eigenvalue weighted by atomic mass is 16.5. The van der Waals surface area contributed by atoms with Gasteiger partial charge in [0, 0.05) is 49.5 Å². The van der Waals surface area contributed by atoms with Crippen LogP contribution in [-0.4, -0.2) is 70.0 Å². The first kappa shape index (κ1) is 27.6. The van der Waals surface area contributed by atoms with Crippen molar-refractivity contribution in [3.05, 3.63) is 65.2 Å². The predicted molar refractivity (Wildman–Crippen MR) is 157 cm³/mol. The number of nitrogen functional groups attached to an aromatic ring is 1. The van der Waals surface area contributed by atoms with E-state index in [0.717, 1.165) is 48.6 Å². The fourth-order valence-electron chi connectivity index (χ4n) is 5.75. The van der Waals surface area contributed by atoms with Gasteiger partial charge in [0.1, 0.15) is 17.9 Å². The number of ether oxygens (including phenoxy) is 1. The molecule has 2 aliphatic rings. The van der Waals surface area contributed by atoms with Crippen LogP contribution < -0.4 is 10.5 Å². The SMILES string of the molecule is CCc1ncnc(-c2ccc(C(=O)N3CCN(C4CCCCCC4)CC3)c(OC)c2)c1C#Cc1ccc(N)nc1. The number of carbonyl (C=O) groups is 1. The molecule has 1 aliphatic heterocycles. The summed E-state index contributed by atoms with van der Waals surface area (Å²) in [7, 11) is 1.60. The van der Waals surface area contributed by atoms with Gasteiger partial charge in [-0.05, 0) is 43.5 Å². The van der Waals surface area contributed by atoms with Gasteiger partial charge in [-0.15, -0.1) is 0 Å². The molecule has 2 N–H and O–H groups in total. The van der Waals surface area contributed by atoms with Crippen LogP contribution in [0.3, 0.4) is 0 Å². The molecule has 0 spiro atoms. The molecule has 2 fully saturated rings. The van der Waals surface area contributed by atoms with Crippen LogP contribution in [0.1, 0.15) is 72.6 Å². The highest BCUT2D eigenvalue weighted by Gasteiger charge is 2.28. The molecule has 1 amide bonds. The lowest BCUT2D eigenvalue weighted by molar-refractivity contribution is 0.0549. The maximum absolute atomic E-state index is 13.6. The van der Waals surface area contributed by atoms with Gasteiger partial charge in [0.05, 0.1) is 29.6 Å². The standard InChI is InChI=1S/C32H38N6O2/c1-3-28-26(13-10-23-11-15-30(33)34-21-23)31(36-22-35-28)24-12-14-27(29(20-24)40-2)32(39)38-18-16-37(17-19-38)25-8-6-4-5-7-9-25/h11-12,14-15,20-22,25H,3-9,16-19H2,1-2H3,(H2,33,34). The molecular formula is C32H38N6O2. The smallest absolute Gasteiger partial charge is 0.257 e. The summed E-state index contributed by atoms with van der Waals surface area (Å²) in [5, 5.41) is 0. The molecule has 0 radical (unpaired) electrons. The minimum atomic E-state index is 0.0108. The Hall–Kier alpha value is -3.96. The molecule has 3 aromatic rings. The van der Waals surface area contributed by atoms with E-state index >= 15 is 0 Å². The number of hydrogen-bond acceptors (Lipinski definition) is 7. The van der Waals surface area contributed by atoms with Gasteiger partial charge < -0.3 is 15.4 Å². The van der Waals surface area contributed by atoms with Gasteiger partial charge in [0.25, 0.3) is 5.91 Å². The minimum absolute atomic E-state index is 0.0108. The van der Waals surface area contributed by atoms with E-state index in [1.165, 1.54) is 38.5 Å². The lowest BCUT2D eigenvalue weighted by Crippen LogP contribution is -2.51. The van der Waals surface area contributed by atoms with E-state index < -0.39 is 0 Å². The molecule has 8 heteroatoms. The van der Waals surface area contributed by atoms with Crippen molar-refractivity contribution in [2.45, 2.75) is 57.9 Å². The number of nitrogens with two attached hydrogens (primary N) is 1. The topological polar surface area (TPSA) is 97.5 Å². The number of pyridine rings is 1. The maximum Gasteiger partial charge on any atom is 0.257 e. The van der Waals surface area contributed by atoms with Crippen molar-refractivity contribution < 1.29 is 9.53 Å². The van der Waals surface area contributed by atoms with Crippen LogP contribution in [0.25, 0.3) is 11.3 Å². The zero-order valence-electron chi connectivity index (χ0n) is 23.5. The fraction of sp³-hybridized carbons (Fsp3) is 0.438. The van der Waals surface area contributed by atoms with Crippen LogP contribution in [0.15, 0.2) is 42.9 Å². The van der Waals surface area contributed by atoms with E-state index in [2.05, 4.69) is 31.7 Å². The number of aromatic nitrogens is 3. The third-order valence-corrected chi connectivity index (χ3v) is 8.03. The molecule has 0 atom stereocenters. The Kier molecular flexibility index (Phi) is 8.92. The summed E-state index contributed by atoms with van der Waals surface area (Å²) in [6.07, 6.45) is 11.9. The van der Waals surface area contributed by atoms with Crippen LogP contribution in [0, 0.1) is 11.8 Å². The van der Waals surface area contributed by atoms with Gasteiger partial charge in [-0.1, -0.05) is 50.5 Å². The molecule has 2 aromatic heterocycles. The number of methoxy groups -OCH3 is 1. The molecule has 40 heavy (non-hydrogen) atoms. The Balaban J connectivity index is 1.36. The molecule has 1 saturated carbocycles. The maximum atomic E-state index is 13.6. The highest BCUT2D eigenvalue weighted by Crippen LogP contribution is 2.30. The fourth-order valence-corrected chi connectivity index (χ4v) is 5.75. The van der Waals surface area contributed by atoms with Crippen LogP contribution >= 0.6 is 0 Å². The summed E-state index contributed by atoms with van der Waals surface area (Å²) in [4.78, 5) is 31.3. The summed E-state index contributed by atoms with van der Waals surface area (Å²) in [6.45, 7) is 5.39. The summed E-state index contributed by atoms with van der Waals surface area (Å²) in [5.41, 5.74) is 10.2. The Bertz CT molecular complexity index is 1380. The number of rotatable bonds is 5. The number of nitrogens with zero attached hydrogens (tertiary/aromatic N) is 5. The normalized spacial score (nSPS) is 16.6. The number of benzene rings is 1. The second-order valence-corrected chi connectivity index (χ2v) is 10.5. The molecule has 1 saturated heterocycles. The van der Waals surface area contributed by atoms with Crippen molar-refractivity contribution in [3.63, 3.8) is 0 Å². The Morgan fingerprint density at radius 1 is 1.00 bits per heavy atom. The first-order valence-corrected chi connectivity index (χ1v) is 14.4. The monoisotopic (exact) mass is 538 g/mol. The van der Waals surface area contributed by atoms with Crippen molar-refractivity contribution in [3.8, 4) is 28.8 Å². The van der Waals surface area contributed by atoms with Gasteiger partial charge >= 0.3 is 0 Å². The average Bonchev–Trinajstić information content (AvgIpc) is 3.30. The lowest BCUT2D eigenvalue weighted by Gasteiger charge is -2.39. The first-order valence-electron chi connectivity index (χ1n) is 14.4. The Morgan fingerprint density at radius 2 is 1.77 bits per heavy atom. The molecule has 3 heterocycles. The van der Waals surface area contributed by atoms with E-state index in [1.807, 2.05) is 36.1 Å². The van der Waals surface area contributed by atoms with Crippen LogP contribution in [0.4, 0.5) is 5.82 Å². The first-order chi connectivity index (χ1) is 19.6. The number of anilines is 1. The predicted octanol–water partition coefficient (Wildman–Crippen LogP) is 4.57. The number of carbonyl (C=O) groups excluding carboxylic acids is 1. The second-order valence-electron chi connectivity index (χ2n) is 10.5. The zero-order valence-corrected chi connectivity index (χ0v) is 23.5. The zero-order chi connectivity index (χ0) is 27.9. The summed E-state index contributed by atoms with van der Waals surface area (Å²) < 4.78 is 5.73. The quantitative estimate of drug-likeness (QED) is 0.375. The summed E-state index contributed by atoms with van der Waals surface area (Å²) in [5.74, 6) is 7.41. The van der Waals surface area contributed by atoms with Gasteiger partial charge in [0.15, 0.2) is 0 Å². The molecule has 0 unspecified atom stereocenters. The molecular weight excluding hydrogens is 500 g/mol. The second kappa shape index (κ2) is 12.9. The molecule has 5 rings (SSSR count). The van der Waals surface area contributed by atoms with E-state index in [9.17, 15) is 4.79 Å². The number of amides is 1. The van der Waals surface area contributed by atoms with Crippen LogP contribution in [0.2, 0.25) is 0 Å². The Morgan fingerprint density at radius 3 is 2.45 bits per heavy atom. The van der Waals surface area contributed by atoms with Crippen LogP contribution in [0.5, 0.6) is 5.75 Å². The van der Waals surface area contributed by atoms with Crippen molar-refractivity contribution in [1.82, 2.24) is 24.8 Å². The largest absolute Gasteiger partial charge is 0.496 e. The molecule has 208 valence electrons. The van der Waals surface area contributed by atoms with E-state index in [0.29, 0.717) is 35.3 Å². The van der Waals surface area contributed by atoms with Crippen molar-refractivity contribution >= 4 is 11.7 Å². The van der Waals surface area contributed by atoms with Crippen molar-refractivity contribution in [2.75, 3.05) is 39.0 Å². The molecule has 1 aliphatic carbocycles. The van der Waals surface area contributed by atoms with Gasteiger partial charge in [-0.3, -0.25) is 9.69 Å². The van der Waals surface area contributed by atoms with Gasteiger partial charge in [-0.2, -0.15) is 0 Å². The summed E-state index contributed by atoms with van der Waals surface area (Å²) >= 11 is 0. The number of piperazine rings is 1. The molecule has 8 nitrogen and oxygen atoms in total. The lowest BCUT2D eigenvalue weighted by atomic mass is 10.0. The Labute approximate surface area is 237 Å². The van der Waals surface area contributed by atoms with Crippen molar-refractivity contribution in [1.29, 1.82) is 0 Å². The third kappa shape index (κ3) is 6.26. The summed E-state index contributed by atoms with van der Waals surface area (Å²) in [6, 6.07) is 9.89. The highest BCUT2D eigenvalue weighted by molar-refractivity contribution is 5.97. The minimum Gasteiger partial charge on any atom is -0.496 e. The van der Waals surface area contributed by atoms with Gasteiger partial charge in [-0.25, -0.2) is 15.0 Å². The average molecular weight is 539 g/mol. The van der Waals surface area contributed by atoms with E-state index in [4.69, 9.17) is 10.5 Å². The van der Waals surface area contributed by atoms with Gasteiger partial charge in [0.2, 0.25) is 0 Å². The molecule has 0 bridgehead atoms. The van der Waals surface area contributed by atoms with Crippen LogP contribution in [-0.2, 0) is 6.42 Å². The number of hydrogen-bond donors (Lipinski definition) is 1. The van der Waals surface area contributed by atoms with E-state index in [-0.39, 0.29) is 5.91 Å². The third-order valence-electron chi connectivity index (χ3n) is 8.03. The molecule has 1 aromatic carbocycles. The number of aryl methyl sites for hydroxylation is 1.